The summed E-state index contributed by atoms with van der Waals surface area (Å²) >= 11 is 0. The molecule has 0 aliphatic carbocycles. The molecule has 6 nitrogen and oxygen atoms in total. The Labute approximate surface area is 171 Å². The van der Waals surface area contributed by atoms with Crippen molar-refractivity contribution in [1.29, 1.82) is 0 Å². The van der Waals surface area contributed by atoms with E-state index in [1.54, 1.807) is 21.3 Å². The number of carbonyl (C=O) groups excluding carboxylic acids is 1. The molecule has 1 spiro atoms. The van der Waals surface area contributed by atoms with E-state index >= 15 is 0 Å². The second kappa shape index (κ2) is 7.95. The Morgan fingerprint density at radius 1 is 1.00 bits per heavy atom. The number of amides is 1. The molecule has 0 unspecified atom stereocenters. The minimum Gasteiger partial charge on any atom is -0.493 e. The predicted octanol–water partition coefficient (Wildman–Crippen LogP) is 3.03. The number of carbonyl (C=O) groups is 1. The summed E-state index contributed by atoms with van der Waals surface area (Å²) in [5.74, 6) is 2.01. The molecular weight excluding hydrogens is 368 g/mol. The van der Waals surface area contributed by atoms with Gasteiger partial charge in [0, 0.05) is 30.8 Å². The van der Waals surface area contributed by atoms with Crippen molar-refractivity contribution in [1.82, 2.24) is 10.2 Å². The number of aryl methyl sites for hydroxylation is 1. The molecule has 0 radical (unpaired) electrons. The summed E-state index contributed by atoms with van der Waals surface area (Å²) in [6.07, 6.45) is 2.82. The first-order valence-electron chi connectivity index (χ1n) is 10.00. The van der Waals surface area contributed by atoms with Crippen LogP contribution in [0.5, 0.6) is 17.2 Å². The molecule has 4 rings (SSSR count). The quantitative estimate of drug-likeness (QED) is 0.842. The molecule has 1 N–H and O–H groups in total. The molecule has 1 saturated heterocycles. The van der Waals surface area contributed by atoms with E-state index in [2.05, 4.69) is 16.3 Å². The summed E-state index contributed by atoms with van der Waals surface area (Å²) in [5, 5.41) is 3.34. The maximum atomic E-state index is 12.8. The fourth-order valence-electron chi connectivity index (χ4n) is 4.63. The van der Waals surface area contributed by atoms with Crippen LogP contribution in [0, 0.1) is 0 Å². The monoisotopic (exact) mass is 396 g/mol. The van der Waals surface area contributed by atoms with Gasteiger partial charge in [-0.15, -0.1) is 0 Å². The van der Waals surface area contributed by atoms with Crippen molar-refractivity contribution < 1.29 is 19.0 Å². The summed E-state index contributed by atoms with van der Waals surface area (Å²) in [6, 6.07) is 11.9. The zero-order valence-corrected chi connectivity index (χ0v) is 17.3. The number of fused-ring (bicyclic) bond motifs is 1. The summed E-state index contributed by atoms with van der Waals surface area (Å²) in [6.45, 7) is 2.48. The lowest BCUT2D eigenvalue weighted by molar-refractivity contribution is 0.0902. The number of nitrogens with zero attached hydrogens (tertiary/aromatic N) is 1. The highest BCUT2D eigenvalue weighted by Gasteiger charge is 2.41. The van der Waals surface area contributed by atoms with Crippen LogP contribution in [0.1, 0.15) is 34.3 Å². The largest absolute Gasteiger partial charge is 0.493 e. The molecule has 0 aromatic heterocycles. The van der Waals surface area contributed by atoms with Gasteiger partial charge in [-0.1, -0.05) is 24.3 Å². The SMILES string of the molecule is COc1ccc(CN2CC[C@@]3(CCc4ccccc4C(=O)N3)C2)c(OC)c1OC. The van der Waals surface area contributed by atoms with E-state index in [-0.39, 0.29) is 11.4 Å². The summed E-state index contributed by atoms with van der Waals surface area (Å²) < 4.78 is 16.5. The first kappa shape index (κ1) is 19.6. The van der Waals surface area contributed by atoms with Gasteiger partial charge in [0.15, 0.2) is 11.5 Å². The van der Waals surface area contributed by atoms with E-state index in [1.165, 1.54) is 0 Å². The minimum atomic E-state index is -0.181. The van der Waals surface area contributed by atoms with Gasteiger partial charge in [0.1, 0.15) is 0 Å². The molecule has 0 saturated carbocycles. The summed E-state index contributed by atoms with van der Waals surface area (Å²) in [4.78, 5) is 15.2. The highest BCUT2D eigenvalue weighted by molar-refractivity contribution is 5.96. The maximum absolute atomic E-state index is 12.8. The molecule has 2 aliphatic rings. The Bertz CT molecular complexity index is 914. The molecular formula is C23H28N2O4. The highest BCUT2D eigenvalue weighted by Crippen LogP contribution is 2.41. The first-order valence-corrected chi connectivity index (χ1v) is 10.00. The molecule has 1 fully saturated rings. The third-order valence-corrected chi connectivity index (χ3v) is 6.13. The van der Waals surface area contributed by atoms with Crippen LogP contribution in [0.2, 0.25) is 0 Å². The fraction of sp³-hybridized carbons (Fsp3) is 0.435. The number of nitrogens with one attached hydrogen (secondary N) is 1. The van der Waals surface area contributed by atoms with Crippen LogP contribution in [0.15, 0.2) is 36.4 Å². The molecule has 0 bridgehead atoms. The molecule has 1 atom stereocenters. The van der Waals surface area contributed by atoms with Crippen LogP contribution in [-0.4, -0.2) is 50.8 Å². The predicted molar refractivity (Wildman–Crippen MR) is 111 cm³/mol. The molecule has 2 aliphatic heterocycles. The Morgan fingerprint density at radius 2 is 1.79 bits per heavy atom. The van der Waals surface area contributed by atoms with Crippen LogP contribution in [0.25, 0.3) is 0 Å². The van der Waals surface area contributed by atoms with Crippen molar-refractivity contribution in [2.45, 2.75) is 31.3 Å². The lowest BCUT2D eigenvalue weighted by atomic mass is 9.91. The second-order valence-electron chi connectivity index (χ2n) is 7.85. The molecule has 1 amide bonds. The van der Waals surface area contributed by atoms with E-state index in [9.17, 15) is 4.79 Å². The molecule has 2 heterocycles. The van der Waals surface area contributed by atoms with Crippen molar-refractivity contribution >= 4 is 5.91 Å². The van der Waals surface area contributed by atoms with Gasteiger partial charge in [-0.3, -0.25) is 9.69 Å². The third kappa shape index (κ3) is 3.65. The van der Waals surface area contributed by atoms with E-state index in [1.807, 2.05) is 30.3 Å². The number of ether oxygens (including phenoxy) is 3. The van der Waals surface area contributed by atoms with Crippen LogP contribution in [0.3, 0.4) is 0 Å². The normalized spacial score (nSPS) is 21.4. The standard InChI is InChI=1S/C23H28N2O4/c1-27-19-9-8-17(20(28-2)21(19)29-3)14-25-13-12-23(15-25)11-10-16-6-4-5-7-18(16)22(26)24-23/h4-9H,10-15H2,1-3H3,(H,24,26)/t23-/m0/s1. The van der Waals surface area contributed by atoms with Gasteiger partial charge in [0.25, 0.3) is 5.91 Å². The zero-order chi connectivity index (χ0) is 20.4. The average Bonchev–Trinajstić information content (AvgIpc) is 3.07. The van der Waals surface area contributed by atoms with Gasteiger partial charge < -0.3 is 19.5 Å². The summed E-state index contributed by atoms with van der Waals surface area (Å²) in [5.41, 5.74) is 2.82. The second-order valence-corrected chi connectivity index (χ2v) is 7.85. The average molecular weight is 396 g/mol. The van der Waals surface area contributed by atoms with Gasteiger partial charge in [0.2, 0.25) is 5.75 Å². The summed E-state index contributed by atoms with van der Waals surface area (Å²) in [7, 11) is 4.89. The Balaban J connectivity index is 1.52. The van der Waals surface area contributed by atoms with E-state index in [0.29, 0.717) is 17.2 Å². The number of hydrogen-bond acceptors (Lipinski definition) is 5. The Morgan fingerprint density at radius 3 is 2.55 bits per heavy atom. The van der Waals surface area contributed by atoms with Gasteiger partial charge in [-0.05, 0) is 37.0 Å². The molecule has 2 aromatic carbocycles. The van der Waals surface area contributed by atoms with E-state index in [4.69, 9.17) is 14.2 Å². The molecule has 6 heteroatoms. The van der Waals surface area contributed by atoms with E-state index in [0.717, 1.165) is 55.6 Å². The van der Waals surface area contributed by atoms with Gasteiger partial charge in [0.05, 0.1) is 26.9 Å². The topological polar surface area (TPSA) is 60.0 Å². The molecule has 154 valence electrons. The number of rotatable bonds is 5. The van der Waals surface area contributed by atoms with Crippen LogP contribution in [0.4, 0.5) is 0 Å². The number of benzene rings is 2. The van der Waals surface area contributed by atoms with Gasteiger partial charge >= 0.3 is 0 Å². The number of hydrogen-bond donors (Lipinski definition) is 1. The third-order valence-electron chi connectivity index (χ3n) is 6.13. The van der Waals surface area contributed by atoms with Crippen molar-refractivity contribution in [3.05, 3.63) is 53.1 Å². The lowest BCUT2D eigenvalue weighted by Crippen LogP contribution is -2.49. The van der Waals surface area contributed by atoms with Crippen molar-refractivity contribution in [2.75, 3.05) is 34.4 Å². The number of methoxy groups -OCH3 is 3. The van der Waals surface area contributed by atoms with Crippen molar-refractivity contribution in [3.63, 3.8) is 0 Å². The maximum Gasteiger partial charge on any atom is 0.252 e. The fourth-order valence-corrected chi connectivity index (χ4v) is 4.63. The van der Waals surface area contributed by atoms with Crippen LogP contribution in [-0.2, 0) is 13.0 Å². The highest BCUT2D eigenvalue weighted by atomic mass is 16.5. The first-order chi connectivity index (χ1) is 14.1. The molecule has 2 aromatic rings. The van der Waals surface area contributed by atoms with Crippen molar-refractivity contribution in [2.24, 2.45) is 0 Å². The van der Waals surface area contributed by atoms with Crippen LogP contribution >= 0.6 is 0 Å². The smallest absolute Gasteiger partial charge is 0.252 e. The minimum absolute atomic E-state index is 0.0450. The van der Waals surface area contributed by atoms with Crippen LogP contribution < -0.4 is 19.5 Å². The Hall–Kier alpha value is -2.73. The lowest BCUT2D eigenvalue weighted by Gasteiger charge is -2.29. The Kier molecular flexibility index (Phi) is 5.37. The van der Waals surface area contributed by atoms with Gasteiger partial charge in [-0.25, -0.2) is 0 Å². The molecule has 29 heavy (non-hydrogen) atoms. The van der Waals surface area contributed by atoms with Crippen molar-refractivity contribution in [3.8, 4) is 17.2 Å². The van der Waals surface area contributed by atoms with Gasteiger partial charge in [-0.2, -0.15) is 0 Å². The zero-order valence-electron chi connectivity index (χ0n) is 17.3. The number of likely N-dealkylation sites (tertiary alicyclic amines) is 1. The van der Waals surface area contributed by atoms with E-state index < -0.39 is 0 Å².